The van der Waals surface area contributed by atoms with Crippen LogP contribution in [0.1, 0.15) is 50.7 Å². The summed E-state index contributed by atoms with van der Waals surface area (Å²) < 4.78 is 7.88. The van der Waals surface area contributed by atoms with Gasteiger partial charge in [-0.25, -0.2) is 0 Å². The van der Waals surface area contributed by atoms with E-state index in [1.807, 2.05) is 12.1 Å². The summed E-state index contributed by atoms with van der Waals surface area (Å²) in [6.45, 7) is 6.76. The van der Waals surface area contributed by atoms with Crippen molar-refractivity contribution in [2.24, 2.45) is 4.99 Å². The third-order valence-corrected chi connectivity index (χ3v) is 6.31. The number of ether oxygens (including phenoxy) is 1. The van der Waals surface area contributed by atoms with E-state index in [0.29, 0.717) is 6.04 Å². The first-order chi connectivity index (χ1) is 15.8. The summed E-state index contributed by atoms with van der Waals surface area (Å²) in [6.07, 6.45) is 7.81. The molecule has 32 heavy (non-hydrogen) atoms. The molecule has 8 heteroatoms. The van der Waals surface area contributed by atoms with Gasteiger partial charge in [0.05, 0.1) is 12.8 Å². The molecule has 1 saturated heterocycles. The standard InChI is InChI=1S/C24H37N7O/c1-3-25-24(26-15-9-13-23-29-28-22-12-5-4-8-16-31(22)23)27-19-14-17-30(18-19)20-10-6-7-11-21(20)32-2/h6-7,10-11,19H,3-5,8-9,12-18H2,1-2H3,(H2,25,26,27). The lowest BCUT2D eigenvalue weighted by Gasteiger charge is -2.22. The average Bonchev–Trinajstić information content (AvgIpc) is 3.36. The lowest BCUT2D eigenvalue weighted by atomic mass is 10.2. The molecular weight excluding hydrogens is 402 g/mol. The molecule has 8 nitrogen and oxygen atoms in total. The molecule has 0 amide bonds. The second kappa shape index (κ2) is 11.2. The second-order valence-electron chi connectivity index (χ2n) is 8.61. The lowest BCUT2D eigenvalue weighted by Crippen LogP contribution is -2.44. The molecule has 1 atom stereocenters. The van der Waals surface area contributed by atoms with E-state index in [1.54, 1.807) is 7.11 Å². The van der Waals surface area contributed by atoms with Crippen LogP contribution >= 0.6 is 0 Å². The Kier molecular flexibility index (Phi) is 7.85. The normalized spacial score (nSPS) is 18.9. The highest BCUT2D eigenvalue weighted by atomic mass is 16.5. The first-order valence-corrected chi connectivity index (χ1v) is 12.1. The molecule has 0 radical (unpaired) electrons. The first kappa shape index (κ1) is 22.4. The van der Waals surface area contributed by atoms with E-state index < -0.39 is 0 Å². The van der Waals surface area contributed by atoms with Gasteiger partial charge in [-0.2, -0.15) is 0 Å². The molecule has 2 N–H and O–H groups in total. The number of methoxy groups -OCH3 is 1. The number of hydrogen-bond donors (Lipinski definition) is 2. The predicted octanol–water partition coefficient (Wildman–Crippen LogP) is 2.78. The first-order valence-electron chi connectivity index (χ1n) is 12.1. The number of benzene rings is 1. The number of nitrogens with one attached hydrogen (secondary N) is 2. The van der Waals surface area contributed by atoms with E-state index in [-0.39, 0.29) is 0 Å². The fourth-order valence-electron chi connectivity index (χ4n) is 4.66. The summed E-state index contributed by atoms with van der Waals surface area (Å²) in [6, 6.07) is 8.60. The molecule has 1 unspecified atom stereocenters. The minimum atomic E-state index is 0.366. The molecule has 0 saturated carbocycles. The minimum absolute atomic E-state index is 0.366. The van der Waals surface area contributed by atoms with Crippen LogP contribution in [-0.2, 0) is 19.4 Å². The number of hydrogen-bond acceptors (Lipinski definition) is 5. The number of aryl methyl sites for hydroxylation is 2. The third-order valence-electron chi connectivity index (χ3n) is 6.31. The van der Waals surface area contributed by atoms with E-state index in [4.69, 9.17) is 9.73 Å². The van der Waals surface area contributed by atoms with Crippen LogP contribution in [-0.4, -0.2) is 60.1 Å². The van der Waals surface area contributed by atoms with Crippen molar-refractivity contribution in [2.45, 2.75) is 64.5 Å². The van der Waals surface area contributed by atoms with E-state index in [0.717, 1.165) is 87.5 Å². The number of fused-ring (bicyclic) bond motifs is 1. The number of nitrogens with zero attached hydrogens (tertiary/aromatic N) is 5. The molecule has 4 rings (SSSR count). The van der Waals surface area contributed by atoms with Gasteiger partial charge in [-0.15, -0.1) is 10.2 Å². The average molecular weight is 440 g/mol. The predicted molar refractivity (Wildman–Crippen MR) is 129 cm³/mol. The van der Waals surface area contributed by atoms with Crippen molar-refractivity contribution >= 4 is 11.6 Å². The second-order valence-corrected chi connectivity index (χ2v) is 8.61. The van der Waals surface area contributed by atoms with Gasteiger partial charge >= 0.3 is 0 Å². The summed E-state index contributed by atoms with van der Waals surface area (Å²) in [5.41, 5.74) is 1.16. The van der Waals surface area contributed by atoms with Crippen LogP contribution in [0.25, 0.3) is 0 Å². The molecule has 0 spiro atoms. The van der Waals surface area contributed by atoms with Gasteiger partial charge in [-0.3, -0.25) is 4.99 Å². The van der Waals surface area contributed by atoms with Crippen molar-refractivity contribution in [3.8, 4) is 5.75 Å². The molecular formula is C24H37N7O. The fraction of sp³-hybridized carbons (Fsp3) is 0.625. The number of aromatic nitrogens is 3. The number of rotatable bonds is 8. The van der Waals surface area contributed by atoms with Gasteiger partial charge in [0.15, 0.2) is 5.96 Å². The molecule has 1 aromatic heterocycles. The van der Waals surface area contributed by atoms with E-state index in [1.165, 1.54) is 19.3 Å². The Hall–Kier alpha value is -2.77. The van der Waals surface area contributed by atoms with Crippen molar-refractivity contribution in [3.63, 3.8) is 0 Å². The summed E-state index contributed by atoms with van der Waals surface area (Å²) >= 11 is 0. The van der Waals surface area contributed by atoms with Gasteiger partial charge < -0.3 is 24.8 Å². The van der Waals surface area contributed by atoms with Gasteiger partial charge in [0.25, 0.3) is 0 Å². The van der Waals surface area contributed by atoms with Crippen LogP contribution in [0.3, 0.4) is 0 Å². The van der Waals surface area contributed by atoms with Crippen molar-refractivity contribution in [1.29, 1.82) is 0 Å². The highest BCUT2D eigenvalue weighted by Gasteiger charge is 2.25. The Morgan fingerprint density at radius 1 is 1.19 bits per heavy atom. The largest absolute Gasteiger partial charge is 0.495 e. The maximum atomic E-state index is 5.54. The maximum Gasteiger partial charge on any atom is 0.191 e. The Labute approximate surface area is 191 Å². The Bertz CT molecular complexity index is 894. The zero-order valence-corrected chi connectivity index (χ0v) is 19.5. The smallest absolute Gasteiger partial charge is 0.191 e. The topological polar surface area (TPSA) is 79.6 Å². The zero-order valence-electron chi connectivity index (χ0n) is 19.5. The van der Waals surface area contributed by atoms with Crippen LogP contribution in [0.2, 0.25) is 0 Å². The molecule has 2 aromatic rings. The van der Waals surface area contributed by atoms with Gasteiger partial charge in [-0.1, -0.05) is 18.6 Å². The number of para-hydroxylation sites is 2. The zero-order chi connectivity index (χ0) is 22.2. The SMILES string of the molecule is CCNC(=NCCCc1nnc2n1CCCCC2)NC1CCN(c2ccccc2OC)C1. The summed E-state index contributed by atoms with van der Waals surface area (Å²) in [5, 5.41) is 15.9. The monoisotopic (exact) mass is 439 g/mol. The molecule has 2 aliphatic heterocycles. The van der Waals surface area contributed by atoms with Crippen molar-refractivity contribution in [2.75, 3.05) is 38.2 Å². The molecule has 174 valence electrons. The van der Waals surface area contributed by atoms with Crippen LogP contribution in [0, 0.1) is 0 Å². The third kappa shape index (κ3) is 5.53. The number of anilines is 1. The van der Waals surface area contributed by atoms with Gasteiger partial charge in [0, 0.05) is 51.6 Å². The molecule has 0 aliphatic carbocycles. The Balaban J connectivity index is 1.29. The van der Waals surface area contributed by atoms with E-state index in [2.05, 4.69) is 49.4 Å². The summed E-state index contributed by atoms with van der Waals surface area (Å²) in [4.78, 5) is 7.22. The fourth-order valence-corrected chi connectivity index (χ4v) is 4.66. The van der Waals surface area contributed by atoms with Gasteiger partial charge in [-0.05, 0) is 44.7 Å². The number of guanidine groups is 1. The van der Waals surface area contributed by atoms with Crippen molar-refractivity contribution in [3.05, 3.63) is 35.9 Å². The summed E-state index contributed by atoms with van der Waals surface area (Å²) in [5.74, 6) is 4.12. The Morgan fingerprint density at radius 2 is 2.09 bits per heavy atom. The highest BCUT2D eigenvalue weighted by Crippen LogP contribution is 2.30. The molecule has 3 heterocycles. The maximum absolute atomic E-state index is 5.54. The number of aliphatic imine (C=N–C) groups is 1. The van der Waals surface area contributed by atoms with E-state index >= 15 is 0 Å². The molecule has 2 aliphatic rings. The van der Waals surface area contributed by atoms with Crippen LogP contribution in [0.4, 0.5) is 5.69 Å². The minimum Gasteiger partial charge on any atom is -0.495 e. The molecule has 0 bridgehead atoms. The van der Waals surface area contributed by atoms with Crippen LogP contribution in [0.5, 0.6) is 5.75 Å². The van der Waals surface area contributed by atoms with Gasteiger partial charge in [0.2, 0.25) is 0 Å². The van der Waals surface area contributed by atoms with Gasteiger partial charge in [0.1, 0.15) is 17.4 Å². The van der Waals surface area contributed by atoms with Crippen molar-refractivity contribution < 1.29 is 4.74 Å². The Morgan fingerprint density at radius 3 is 2.97 bits per heavy atom. The quantitative estimate of drug-likeness (QED) is 0.374. The van der Waals surface area contributed by atoms with Crippen LogP contribution in [0.15, 0.2) is 29.3 Å². The van der Waals surface area contributed by atoms with Crippen LogP contribution < -0.4 is 20.3 Å². The molecule has 1 fully saturated rings. The highest BCUT2D eigenvalue weighted by molar-refractivity contribution is 5.80. The molecule has 1 aromatic carbocycles. The van der Waals surface area contributed by atoms with E-state index in [9.17, 15) is 0 Å². The van der Waals surface area contributed by atoms with Crippen molar-refractivity contribution in [1.82, 2.24) is 25.4 Å². The lowest BCUT2D eigenvalue weighted by molar-refractivity contribution is 0.415. The summed E-state index contributed by atoms with van der Waals surface area (Å²) in [7, 11) is 1.73.